The average molecular weight is 778 g/mol. The second-order valence-electron chi connectivity index (χ2n) is 13.3. The number of thiazole rings is 1. The summed E-state index contributed by atoms with van der Waals surface area (Å²) in [5.74, 6) is -4.47. The van der Waals surface area contributed by atoms with Crippen LogP contribution in [0, 0.1) is 6.92 Å². The molecule has 2 aromatic heterocycles. The maximum absolute atomic E-state index is 14.3. The number of carboxylic acid groups (broad SMARTS) is 1. The van der Waals surface area contributed by atoms with Crippen molar-refractivity contribution in [1.82, 2.24) is 36.1 Å². The summed E-state index contributed by atoms with van der Waals surface area (Å²) >= 11 is 7.03. The molecule has 1 fully saturated rings. The monoisotopic (exact) mass is 777 g/mol. The fourth-order valence-electron chi connectivity index (χ4n) is 6.47. The van der Waals surface area contributed by atoms with Gasteiger partial charge < -0.3 is 36.3 Å². The van der Waals surface area contributed by atoms with E-state index in [2.05, 4.69) is 31.2 Å². The lowest BCUT2D eigenvalue weighted by Crippen LogP contribution is -2.61. The van der Waals surface area contributed by atoms with E-state index in [1.165, 1.54) is 16.2 Å². The predicted molar refractivity (Wildman–Crippen MR) is 204 cm³/mol. The van der Waals surface area contributed by atoms with Gasteiger partial charge in [-0.3, -0.25) is 28.8 Å². The molecule has 4 atom stereocenters. The first-order valence-electron chi connectivity index (χ1n) is 17.8. The van der Waals surface area contributed by atoms with Crippen LogP contribution in [-0.2, 0) is 48.2 Å². The van der Waals surface area contributed by atoms with Crippen LogP contribution in [0.1, 0.15) is 54.5 Å². The molecule has 1 aliphatic heterocycles. The third-order valence-corrected chi connectivity index (χ3v) is 10.2. The summed E-state index contributed by atoms with van der Waals surface area (Å²) in [5, 5.41) is 23.1. The second-order valence-corrected chi connectivity index (χ2v) is 14.3. The highest BCUT2D eigenvalue weighted by Crippen LogP contribution is 2.22. The topological polar surface area (TPSA) is 203 Å². The van der Waals surface area contributed by atoms with Crippen LogP contribution >= 0.6 is 22.9 Å². The van der Waals surface area contributed by atoms with E-state index >= 15 is 0 Å². The fraction of sp³-hybridized carbons (Fsp3) is 0.395. The molecular weight excluding hydrogens is 734 g/mol. The number of hydrogen-bond donors (Lipinski definition) is 6. The van der Waals surface area contributed by atoms with Crippen molar-refractivity contribution < 1.29 is 33.9 Å². The molecule has 14 nitrogen and oxygen atoms in total. The number of nitrogens with one attached hydrogen (secondary N) is 5. The maximum Gasteiger partial charge on any atom is 0.303 e. The van der Waals surface area contributed by atoms with Gasteiger partial charge in [0.2, 0.25) is 29.5 Å². The minimum absolute atomic E-state index is 0.0592. The van der Waals surface area contributed by atoms with Gasteiger partial charge in [-0.1, -0.05) is 48.0 Å². The van der Waals surface area contributed by atoms with Gasteiger partial charge in [-0.15, -0.1) is 22.9 Å². The maximum atomic E-state index is 14.3. The number of alkyl halides is 1. The van der Waals surface area contributed by atoms with Crippen molar-refractivity contribution in [3.8, 4) is 0 Å². The summed E-state index contributed by atoms with van der Waals surface area (Å²) in [6, 6.07) is 10.8. The van der Waals surface area contributed by atoms with Gasteiger partial charge in [0.05, 0.1) is 11.2 Å². The fourth-order valence-corrected chi connectivity index (χ4v) is 7.12. The number of amides is 5. The van der Waals surface area contributed by atoms with Crippen molar-refractivity contribution in [2.45, 2.75) is 82.6 Å². The normalized spacial score (nSPS) is 15.8. The Bertz CT molecular complexity index is 1940. The Balaban J connectivity index is 1.39. The summed E-state index contributed by atoms with van der Waals surface area (Å²) in [6.45, 7) is 2.40. The third kappa shape index (κ3) is 10.9. The minimum atomic E-state index is -1.21. The number of hydrogen-bond acceptors (Lipinski definition) is 8. The Morgan fingerprint density at radius 1 is 0.963 bits per heavy atom. The molecule has 0 unspecified atom stereocenters. The molecule has 0 bridgehead atoms. The van der Waals surface area contributed by atoms with E-state index in [0.717, 1.165) is 27.6 Å². The zero-order valence-electron chi connectivity index (χ0n) is 29.8. The summed E-state index contributed by atoms with van der Waals surface area (Å²) < 4.78 is 0. The van der Waals surface area contributed by atoms with Crippen molar-refractivity contribution in [2.24, 2.45) is 0 Å². The first-order chi connectivity index (χ1) is 26.0. The van der Waals surface area contributed by atoms with Crippen molar-refractivity contribution in [3.05, 3.63) is 88.0 Å². The average Bonchev–Trinajstić information content (AvgIpc) is 3.85. The molecule has 0 aliphatic carbocycles. The Kier molecular flexibility index (Phi) is 14.2. The lowest BCUT2D eigenvalue weighted by Gasteiger charge is -2.37. The Labute approximate surface area is 321 Å². The number of aryl methyl sites for hydroxylation is 1. The lowest BCUT2D eigenvalue weighted by atomic mass is 9.97. The van der Waals surface area contributed by atoms with Gasteiger partial charge in [-0.25, -0.2) is 4.98 Å². The van der Waals surface area contributed by atoms with Gasteiger partial charge in [0, 0.05) is 54.8 Å². The largest absolute Gasteiger partial charge is 0.481 e. The molecule has 3 heterocycles. The number of likely N-dealkylation sites (tertiary alicyclic amines) is 1. The number of H-pyrrole nitrogens is 1. The van der Waals surface area contributed by atoms with Crippen LogP contribution < -0.4 is 21.3 Å². The van der Waals surface area contributed by atoms with Crippen molar-refractivity contribution >= 4 is 69.3 Å². The number of aliphatic carboxylic acids is 1. The summed E-state index contributed by atoms with van der Waals surface area (Å²) in [7, 11) is 0. The third-order valence-electron chi connectivity index (χ3n) is 9.34. The number of aromatic amines is 1. The van der Waals surface area contributed by atoms with Gasteiger partial charge in [0.15, 0.2) is 0 Å². The van der Waals surface area contributed by atoms with Crippen molar-refractivity contribution in [1.29, 1.82) is 0 Å². The van der Waals surface area contributed by atoms with E-state index in [-0.39, 0.29) is 38.8 Å². The van der Waals surface area contributed by atoms with Crippen LogP contribution in [0.4, 0.5) is 0 Å². The van der Waals surface area contributed by atoms with E-state index in [4.69, 9.17) is 11.6 Å². The van der Waals surface area contributed by atoms with E-state index in [9.17, 15) is 33.9 Å². The van der Waals surface area contributed by atoms with Gasteiger partial charge in [0.25, 0.3) is 0 Å². The molecule has 1 aliphatic rings. The van der Waals surface area contributed by atoms with E-state index in [1.54, 1.807) is 17.1 Å². The molecule has 54 heavy (non-hydrogen) atoms. The van der Waals surface area contributed by atoms with Crippen molar-refractivity contribution in [2.75, 3.05) is 12.4 Å². The van der Waals surface area contributed by atoms with Gasteiger partial charge in [0.1, 0.15) is 30.0 Å². The zero-order valence-corrected chi connectivity index (χ0v) is 31.4. The predicted octanol–water partition coefficient (Wildman–Crippen LogP) is 2.97. The van der Waals surface area contributed by atoms with E-state index in [0.29, 0.717) is 18.5 Å². The number of rotatable bonds is 17. The highest BCUT2D eigenvalue weighted by atomic mass is 35.5. The molecule has 286 valence electrons. The van der Waals surface area contributed by atoms with Crippen molar-refractivity contribution in [3.63, 3.8) is 0 Å². The number of nitrogens with zero attached hydrogens (tertiary/aromatic N) is 2. The lowest BCUT2D eigenvalue weighted by molar-refractivity contribution is -0.146. The van der Waals surface area contributed by atoms with Crippen LogP contribution in [0.15, 0.2) is 65.6 Å². The minimum Gasteiger partial charge on any atom is -0.481 e. The Hall–Kier alpha value is -5.28. The number of fused-ring (bicyclic) bond motifs is 1. The SMILES string of the molecule is Cc1ccc(CNC(=O)[C@H](Cc2cscn2)NC(=O)[C@H](Cc2c[nH]c3ccccc23)NC(=O)[C@@H]2CCCCN2C(=O)[C@H](CCC(=O)O)NC(=O)CCl)cc1. The summed E-state index contributed by atoms with van der Waals surface area (Å²) in [6.07, 6.45) is 2.83. The number of para-hydroxylation sites is 1. The molecule has 0 spiro atoms. The summed E-state index contributed by atoms with van der Waals surface area (Å²) in [4.78, 5) is 88.3. The van der Waals surface area contributed by atoms with Crippen LogP contribution in [0.2, 0.25) is 0 Å². The van der Waals surface area contributed by atoms with Crippen LogP contribution in [0.25, 0.3) is 10.9 Å². The molecule has 1 saturated heterocycles. The van der Waals surface area contributed by atoms with Gasteiger partial charge in [-0.05, 0) is 49.8 Å². The molecule has 6 N–H and O–H groups in total. The number of benzene rings is 2. The number of carbonyl (C=O) groups is 6. The number of piperidine rings is 1. The Morgan fingerprint density at radius 3 is 2.44 bits per heavy atom. The summed E-state index contributed by atoms with van der Waals surface area (Å²) in [5.41, 5.74) is 5.81. The zero-order chi connectivity index (χ0) is 38.6. The molecule has 16 heteroatoms. The van der Waals surface area contributed by atoms with E-state index in [1.807, 2.05) is 55.5 Å². The first kappa shape index (κ1) is 39.9. The molecule has 0 radical (unpaired) electrons. The van der Waals surface area contributed by atoms with Gasteiger partial charge >= 0.3 is 5.97 Å². The highest BCUT2D eigenvalue weighted by Gasteiger charge is 2.38. The van der Waals surface area contributed by atoms with Gasteiger partial charge in [-0.2, -0.15) is 0 Å². The molecular formula is C38H44ClN7O7S. The van der Waals surface area contributed by atoms with Crippen LogP contribution in [0.3, 0.4) is 0 Å². The smallest absolute Gasteiger partial charge is 0.303 e. The molecule has 0 saturated carbocycles. The molecule has 4 aromatic rings. The standard InChI is InChI=1S/C38H44ClN7O7S/c1-23-9-11-24(12-10-23)19-41-35(50)31(17-26-21-54-22-42-26)44-36(51)30(16-25-20-40-28-7-3-2-6-27(25)28)45-37(52)32-8-4-5-15-46(32)38(53)29(13-14-34(48)49)43-33(47)18-39/h2-3,6-7,9-12,20-22,29-32,40H,4-5,8,13-19H2,1H3,(H,41,50)(H,43,47)(H,44,51)(H,45,52)(H,48,49)/t29-,30-,31-,32-/m0/s1. The van der Waals surface area contributed by atoms with Crippen LogP contribution in [0.5, 0.6) is 0 Å². The van der Waals surface area contributed by atoms with E-state index < -0.39 is 72.0 Å². The molecule has 5 amide bonds. The second kappa shape index (κ2) is 19.2. The quantitative estimate of drug-likeness (QED) is 0.0879. The Morgan fingerprint density at radius 2 is 1.72 bits per heavy atom. The highest BCUT2D eigenvalue weighted by molar-refractivity contribution is 7.07. The van der Waals surface area contributed by atoms with Crippen LogP contribution in [-0.4, -0.2) is 92.1 Å². The number of halogens is 1. The number of carboxylic acids is 1. The number of aromatic nitrogens is 2. The molecule has 2 aromatic carbocycles. The number of carbonyl (C=O) groups excluding carboxylic acids is 5. The molecule has 5 rings (SSSR count). The first-order valence-corrected chi connectivity index (χ1v) is 19.2.